The van der Waals surface area contributed by atoms with Gasteiger partial charge in [-0.1, -0.05) is 23.7 Å². The van der Waals surface area contributed by atoms with Gasteiger partial charge in [-0.15, -0.1) is 0 Å². The maximum atomic E-state index is 12.2. The van der Waals surface area contributed by atoms with Gasteiger partial charge in [0.05, 0.1) is 0 Å². The van der Waals surface area contributed by atoms with E-state index in [4.69, 9.17) is 11.6 Å². The summed E-state index contributed by atoms with van der Waals surface area (Å²) in [5.74, 6) is -0.651. The Kier molecular flexibility index (Phi) is 7.67. The topological polar surface area (TPSA) is 61.4 Å². The van der Waals surface area contributed by atoms with E-state index in [0.29, 0.717) is 11.6 Å². The first kappa shape index (κ1) is 20.8. The third kappa shape index (κ3) is 6.29. The van der Waals surface area contributed by atoms with Crippen LogP contribution in [0, 0.1) is 6.92 Å². The van der Waals surface area contributed by atoms with Gasteiger partial charge in [0.2, 0.25) is 11.8 Å². The molecule has 2 N–H and O–H groups in total. The lowest BCUT2D eigenvalue weighted by Crippen LogP contribution is -2.28. The van der Waals surface area contributed by atoms with E-state index in [1.54, 1.807) is 12.1 Å². The summed E-state index contributed by atoms with van der Waals surface area (Å²) in [7, 11) is 0. The predicted molar refractivity (Wildman–Crippen MR) is 111 cm³/mol. The van der Waals surface area contributed by atoms with E-state index >= 15 is 0 Å². The third-order valence-electron chi connectivity index (χ3n) is 4.34. The number of halogens is 1. The number of rotatable bonds is 8. The maximum Gasteiger partial charge on any atom is 0.233 e. The summed E-state index contributed by atoms with van der Waals surface area (Å²) in [6.45, 7) is 8.38. The van der Waals surface area contributed by atoms with E-state index in [9.17, 15) is 9.59 Å². The highest BCUT2D eigenvalue weighted by Crippen LogP contribution is 2.22. The molecule has 0 heterocycles. The van der Waals surface area contributed by atoms with Gasteiger partial charge >= 0.3 is 0 Å². The highest BCUT2D eigenvalue weighted by molar-refractivity contribution is 6.30. The van der Waals surface area contributed by atoms with Gasteiger partial charge in [0.1, 0.15) is 6.42 Å². The fourth-order valence-electron chi connectivity index (χ4n) is 2.78. The standard InChI is InChI=1S/C21H26ClN3O2/c1-4-25(5-2)18-10-11-19(15(3)12-18)24-21(27)13-20(26)23-14-16-6-8-17(22)9-7-16/h6-12H,4-5,13-14H2,1-3H3,(H,23,26)(H,24,27). The van der Waals surface area contributed by atoms with Crippen LogP contribution in [-0.2, 0) is 16.1 Å². The van der Waals surface area contributed by atoms with Crippen molar-refractivity contribution >= 4 is 34.8 Å². The van der Waals surface area contributed by atoms with Gasteiger partial charge in [-0.25, -0.2) is 0 Å². The highest BCUT2D eigenvalue weighted by Gasteiger charge is 2.12. The molecule has 0 unspecified atom stereocenters. The molecule has 0 spiro atoms. The molecule has 0 radical (unpaired) electrons. The molecule has 0 aliphatic rings. The Labute approximate surface area is 165 Å². The Hall–Kier alpha value is -2.53. The first-order valence-electron chi connectivity index (χ1n) is 9.09. The Morgan fingerprint density at radius 3 is 2.26 bits per heavy atom. The van der Waals surface area contributed by atoms with Gasteiger partial charge in [0.25, 0.3) is 0 Å². The molecule has 27 heavy (non-hydrogen) atoms. The summed E-state index contributed by atoms with van der Waals surface area (Å²) >= 11 is 5.83. The van der Waals surface area contributed by atoms with Crippen molar-refractivity contribution < 1.29 is 9.59 Å². The molecule has 0 saturated carbocycles. The van der Waals surface area contributed by atoms with E-state index in [0.717, 1.165) is 35.6 Å². The number of amides is 2. The summed E-state index contributed by atoms with van der Waals surface area (Å²) in [5.41, 5.74) is 3.74. The minimum Gasteiger partial charge on any atom is -0.372 e. The summed E-state index contributed by atoms with van der Waals surface area (Å²) in [4.78, 5) is 26.4. The lowest BCUT2D eigenvalue weighted by molar-refractivity contribution is -0.126. The van der Waals surface area contributed by atoms with Gasteiger partial charge in [-0.3, -0.25) is 9.59 Å². The van der Waals surface area contributed by atoms with Crippen LogP contribution in [0.5, 0.6) is 0 Å². The molecule has 0 aliphatic carbocycles. The van der Waals surface area contributed by atoms with E-state index in [-0.39, 0.29) is 18.2 Å². The molecule has 0 saturated heterocycles. The fourth-order valence-corrected chi connectivity index (χ4v) is 2.91. The second-order valence-corrected chi connectivity index (χ2v) is 6.74. The Balaban J connectivity index is 1.87. The smallest absolute Gasteiger partial charge is 0.233 e. The monoisotopic (exact) mass is 387 g/mol. The molecule has 2 aromatic rings. The zero-order valence-electron chi connectivity index (χ0n) is 16.0. The first-order chi connectivity index (χ1) is 12.9. The molecule has 144 valence electrons. The van der Waals surface area contributed by atoms with E-state index < -0.39 is 0 Å². The van der Waals surface area contributed by atoms with Crippen molar-refractivity contribution in [1.29, 1.82) is 0 Å². The van der Waals surface area contributed by atoms with Crippen molar-refractivity contribution in [1.82, 2.24) is 5.32 Å². The van der Waals surface area contributed by atoms with Crippen molar-refractivity contribution in [2.24, 2.45) is 0 Å². The summed E-state index contributed by atoms with van der Waals surface area (Å²) in [5, 5.41) is 6.20. The number of nitrogens with zero attached hydrogens (tertiary/aromatic N) is 1. The quantitative estimate of drug-likeness (QED) is 0.669. The average Bonchev–Trinajstić information content (AvgIpc) is 2.64. The van der Waals surface area contributed by atoms with Crippen LogP contribution in [0.15, 0.2) is 42.5 Å². The lowest BCUT2D eigenvalue weighted by atomic mass is 10.1. The summed E-state index contributed by atoms with van der Waals surface area (Å²) < 4.78 is 0. The number of carbonyl (C=O) groups is 2. The lowest BCUT2D eigenvalue weighted by Gasteiger charge is -2.22. The molecule has 2 aromatic carbocycles. The van der Waals surface area contributed by atoms with Crippen LogP contribution in [0.3, 0.4) is 0 Å². The van der Waals surface area contributed by atoms with E-state index in [1.165, 1.54) is 0 Å². The van der Waals surface area contributed by atoms with Gasteiger partial charge < -0.3 is 15.5 Å². The van der Waals surface area contributed by atoms with Crippen LogP contribution in [0.1, 0.15) is 31.4 Å². The molecular formula is C21H26ClN3O2. The molecule has 0 fully saturated rings. The maximum absolute atomic E-state index is 12.2. The van der Waals surface area contributed by atoms with Gasteiger partial charge in [0.15, 0.2) is 0 Å². The van der Waals surface area contributed by atoms with Crippen LogP contribution < -0.4 is 15.5 Å². The van der Waals surface area contributed by atoms with Gasteiger partial charge in [0, 0.05) is 36.0 Å². The number of anilines is 2. The van der Waals surface area contributed by atoms with Crippen LogP contribution >= 0.6 is 11.6 Å². The minimum atomic E-state index is -0.331. The zero-order valence-corrected chi connectivity index (χ0v) is 16.8. The van der Waals surface area contributed by atoms with Crippen molar-refractivity contribution in [3.63, 3.8) is 0 Å². The number of aryl methyl sites for hydroxylation is 1. The van der Waals surface area contributed by atoms with Crippen molar-refractivity contribution in [3.8, 4) is 0 Å². The van der Waals surface area contributed by atoms with Crippen LogP contribution in [-0.4, -0.2) is 24.9 Å². The van der Waals surface area contributed by atoms with Crippen LogP contribution in [0.4, 0.5) is 11.4 Å². The molecule has 6 heteroatoms. The van der Waals surface area contributed by atoms with E-state index in [2.05, 4.69) is 29.4 Å². The Bertz CT molecular complexity index is 787. The highest BCUT2D eigenvalue weighted by atomic mass is 35.5. The van der Waals surface area contributed by atoms with E-state index in [1.807, 2.05) is 37.3 Å². The summed E-state index contributed by atoms with van der Waals surface area (Å²) in [6.07, 6.45) is -0.217. The number of hydrogen-bond acceptors (Lipinski definition) is 3. The van der Waals surface area contributed by atoms with Crippen molar-refractivity contribution in [2.75, 3.05) is 23.3 Å². The zero-order chi connectivity index (χ0) is 19.8. The number of carbonyl (C=O) groups excluding carboxylic acids is 2. The number of hydrogen-bond donors (Lipinski definition) is 2. The fraction of sp³-hybridized carbons (Fsp3) is 0.333. The molecule has 5 nitrogen and oxygen atoms in total. The number of nitrogens with one attached hydrogen (secondary N) is 2. The van der Waals surface area contributed by atoms with Crippen LogP contribution in [0.25, 0.3) is 0 Å². The van der Waals surface area contributed by atoms with Gasteiger partial charge in [-0.05, 0) is 62.2 Å². The Morgan fingerprint density at radius 2 is 1.67 bits per heavy atom. The summed E-state index contributed by atoms with van der Waals surface area (Å²) in [6, 6.07) is 13.1. The second-order valence-electron chi connectivity index (χ2n) is 6.30. The SMILES string of the molecule is CCN(CC)c1ccc(NC(=O)CC(=O)NCc2ccc(Cl)cc2)c(C)c1. The first-order valence-corrected chi connectivity index (χ1v) is 9.47. The third-order valence-corrected chi connectivity index (χ3v) is 4.59. The van der Waals surface area contributed by atoms with Crippen molar-refractivity contribution in [2.45, 2.75) is 33.7 Å². The molecule has 2 amide bonds. The normalized spacial score (nSPS) is 10.4. The van der Waals surface area contributed by atoms with Crippen LogP contribution in [0.2, 0.25) is 5.02 Å². The molecule has 0 atom stereocenters. The molecule has 0 aliphatic heterocycles. The molecule has 0 bridgehead atoms. The molecule has 0 aromatic heterocycles. The average molecular weight is 388 g/mol. The second kappa shape index (κ2) is 9.97. The Morgan fingerprint density at radius 1 is 1.00 bits per heavy atom. The molecule has 2 rings (SSSR count). The number of benzene rings is 2. The molecular weight excluding hydrogens is 362 g/mol. The largest absolute Gasteiger partial charge is 0.372 e. The minimum absolute atomic E-state index is 0.217. The predicted octanol–water partition coefficient (Wildman–Crippen LogP) is 4.14. The van der Waals surface area contributed by atoms with Crippen molar-refractivity contribution in [3.05, 3.63) is 58.6 Å². The van der Waals surface area contributed by atoms with Gasteiger partial charge in [-0.2, -0.15) is 0 Å².